The Morgan fingerprint density at radius 3 is 2.50 bits per heavy atom. The summed E-state index contributed by atoms with van der Waals surface area (Å²) in [7, 11) is 0. The number of rotatable bonds is 3. The first kappa shape index (κ1) is 18.0. The molecule has 4 heterocycles. The number of alkyl halides is 3. The molecule has 2 aromatic heterocycles. The highest BCUT2D eigenvalue weighted by Crippen LogP contribution is 2.43. The van der Waals surface area contributed by atoms with E-state index >= 15 is 0 Å². The smallest absolute Gasteiger partial charge is 0.356 e. The van der Waals surface area contributed by atoms with Gasteiger partial charge in [0.25, 0.3) is 0 Å². The lowest BCUT2D eigenvalue weighted by Crippen LogP contribution is -2.62. The van der Waals surface area contributed by atoms with Crippen molar-refractivity contribution in [1.29, 1.82) is 0 Å². The van der Waals surface area contributed by atoms with Crippen LogP contribution in [0, 0.1) is 5.41 Å². The molecule has 4 nitrogen and oxygen atoms in total. The second-order valence-electron chi connectivity index (χ2n) is 7.91. The van der Waals surface area contributed by atoms with E-state index in [2.05, 4.69) is 33.6 Å². The summed E-state index contributed by atoms with van der Waals surface area (Å²) in [6.45, 7) is 8.59. The molecular formula is C18H23F3N4S. The molecule has 8 heteroatoms. The summed E-state index contributed by atoms with van der Waals surface area (Å²) in [5.41, 5.74) is 0.420. The van der Waals surface area contributed by atoms with Crippen molar-refractivity contribution in [3.63, 3.8) is 0 Å². The minimum absolute atomic E-state index is 0.300. The highest BCUT2D eigenvalue weighted by Gasteiger charge is 2.45. The van der Waals surface area contributed by atoms with Gasteiger partial charge in [-0.05, 0) is 38.2 Å². The van der Waals surface area contributed by atoms with Crippen molar-refractivity contribution in [3.05, 3.63) is 17.3 Å². The number of nitrogens with zero attached hydrogens (tertiary/aromatic N) is 4. The summed E-state index contributed by atoms with van der Waals surface area (Å²) >= 11 is 1.12. The van der Waals surface area contributed by atoms with E-state index in [4.69, 9.17) is 0 Å². The molecule has 1 spiro atoms. The Kier molecular flexibility index (Phi) is 4.38. The molecule has 0 unspecified atom stereocenters. The van der Waals surface area contributed by atoms with Crippen molar-refractivity contribution >= 4 is 27.4 Å². The number of thiophene rings is 1. The predicted molar refractivity (Wildman–Crippen MR) is 97.8 cm³/mol. The molecule has 0 amide bonds. The van der Waals surface area contributed by atoms with Crippen LogP contribution in [0.1, 0.15) is 31.6 Å². The SMILES string of the molecule is CC(C)N1CC2(CCN(c3ncnc4sc(CC(F)(F)F)cc34)CC2)C1. The lowest BCUT2D eigenvalue weighted by atomic mass is 9.71. The van der Waals surface area contributed by atoms with E-state index < -0.39 is 12.6 Å². The van der Waals surface area contributed by atoms with E-state index in [1.165, 1.54) is 6.33 Å². The molecular weight excluding hydrogens is 361 g/mol. The molecule has 2 saturated heterocycles. The van der Waals surface area contributed by atoms with Crippen LogP contribution < -0.4 is 4.90 Å². The summed E-state index contributed by atoms with van der Waals surface area (Å²) in [5, 5.41) is 0.755. The van der Waals surface area contributed by atoms with Gasteiger partial charge in [-0.1, -0.05) is 0 Å². The van der Waals surface area contributed by atoms with Crippen LogP contribution in [-0.2, 0) is 6.42 Å². The van der Waals surface area contributed by atoms with Crippen molar-refractivity contribution in [2.45, 2.75) is 45.3 Å². The molecule has 0 aromatic carbocycles. The van der Waals surface area contributed by atoms with Gasteiger partial charge in [-0.15, -0.1) is 11.3 Å². The van der Waals surface area contributed by atoms with E-state index in [1.54, 1.807) is 6.07 Å². The monoisotopic (exact) mass is 384 g/mol. The van der Waals surface area contributed by atoms with Crippen molar-refractivity contribution in [3.8, 4) is 0 Å². The summed E-state index contributed by atoms with van der Waals surface area (Å²) in [4.78, 5) is 14.2. The zero-order valence-corrected chi connectivity index (χ0v) is 15.8. The van der Waals surface area contributed by atoms with Gasteiger partial charge in [0.05, 0.1) is 11.8 Å². The minimum atomic E-state index is -4.20. The predicted octanol–water partition coefficient (Wildman–Crippen LogP) is 4.11. The van der Waals surface area contributed by atoms with Gasteiger partial charge in [-0.3, -0.25) is 4.90 Å². The average Bonchev–Trinajstić information content (AvgIpc) is 2.92. The van der Waals surface area contributed by atoms with Crippen molar-refractivity contribution in [2.75, 3.05) is 31.1 Å². The number of likely N-dealkylation sites (tertiary alicyclic amines) is 1. The minimum Gasteiger partial charge on any atom is -0.356 e. The van der Waals surface area contributed by atoms with Gasteiger partial charge < -0.3 is 4.90 Å². The maximum absolute atomic E-state index is 12.7. The summed E-state index contributed by atoms with van der Waals surface area (Å²) in [6, 6.07) is 2.22. The van der Waals surface area contributed by atoms with Crippen LogP contribution >= 0.6 is 11.3 Å². The van der Waals surface area contributed by atoms with E-state index in [0.29, 0.717) is 21.2 Å². The Bertz CT molecular complexity index is 785. The molecule has 142 valence electrons. The Balaban J connectivity index is 1.49. The molecule has 2 fully saturated rings. The normalized spacial score (nSPS) is 20.9. The quantitative estimate of drug-likeness (QED) is 0.797. The molecule has 0 saturated carbocycles. The van der Waals surface area contributed by atoms with Crippen LogP contribution in [0.2, 0.25) is 0 Å². The Labute approximate surface area is 155 Å². The highest BCUT2D eigenvalue weighted by molar-refractivity contribution is 7.18. The lowest BCUT2D eigenvalue weighted by Gasteiger charge is -2.55. The third kappa shape index (κ3) is 3.41. The van der Waals surface area contributed by atoms with Gasteiger partial charge in [0.2, 0.25) is 0 Å². The maximum atomic E-state index is 12.7. The van der Waals surface area contributed by atoms with E-state index in [-0.39, 0.29) is 0 Å². The Hall–Kier alpha value is -1.41. The number of halogens is 3. The number of hydrogen-bond donors (Lipinski definition) is 0. The molecule has 26 heavy (non-hydrogen) atoms. The summed E-state index contributed by atoms with van der Waals surface area (Å²) < 4.78 is 38.1. The van der Waals surface area contributed by atoms with Gasteiger partial charge in [0, 0.05) is 37.1 Å². The first-order chi connectivity index (χ1) is 12.2. The third-order valence-electron chi connectivity index (χ3n) is 5.67. The number of aromatic nitrogens is 2. The Morgan fingerprint density at radius 1 is 1.19 bits per heavy atom. The topological polar surface area (TPSA) is 32.3 Å². The van der Waals surface area contributed by atoms with E-state index in [0.717, 1.165) is 61.6 Å². The molecule has 0 atom stereocenters. The average molecular weight is 384 g/mol. The van der Waals surface area contributed by atoms with E-state index in [9.17, 15) is 13.2 Å². The molecule has 0 N–H and O–H groups in total. The van der Waals surface area contributed by atoms with Gasteiger partial charge >= 0.3 is 6.18 Å². The zero-order chi connectivity index (χ0) is 18.5. The third-order valence-corrected chi connectivity index (χ3v) is 6.71. The number of fused-ring (bicyclic) bond motifs is 1. The molecule has 4 rings (SSSR count). The first-order valence-electron chi connectivity index (χ1n) is 9.04. The van der Waals surface area contributed by atoms with Crippen molar-refractivity contribution in [1.82, 2.24) is 14.9 Å². The van der Waals surface area contributed by atoms with E-state index in [1.807, 2.05) is 0 Å². The van der Waals surface area contributed by atoms with Crippen LogP contribution in [0.25, 0.3) is 10.2 Å². The fourth-order valence-electron chi connectivity index (χ4n) is 4.12. The lowest BCUT2D eigenvalue weighted by molar-refractivity contribution is -0.126. The van der Waals surface area contributed by atoms with Gasteiger partial charge in [0.15, 0.2) is 0 Å². The number of anilines is 1. The van der Waals surface area contributed by atoms with Crippen LogP contribution in [0.3, 0.4) is 0 Å². The van der Waals surface area contributed by atoms with Crippen LogP contribution in [0.15, 0.2) is 12.4 Å². The van der Waals surface area contributed by atoms with Gasteiger partial charge in [-0.25, -0.2) is 9.97 Å². The van der Waals surface area contributed by atoms with Crippen LogP contribution in [0.4, 0.5) is 19.0 Å². The van der Waals surface area contributed by atoms with Crippen LogP contribution in [0.5, 0.6) is 0 Å². The van der Waals surface area contributed by atoms with Crippen molar-refractivity contribution < 1.29 is 13.2 Å². The largest absolute Gasteiger partial charge is 0.393 e. The summed E-state index contributed by atoms with van der Waals surface area (Å²) in [5.74, 6) is 0.787. The van der Waals surface area contributed by atoms with Crippen LogP contribution in [-0.4, -0.2) is 53.3 Å². The van der Waals surface area contributed by atoms with Gasteiger partial charge in [0.1, 0.15) is 17.0 Å². The second-order valence-corrected chi connectivity index (χ2v) is 9.02. The number of hydrogen-bond acceptors (Lipinski definition) is 5. The first-order valence-corrected chi connectivity index (χ1v) is 9.86. The molecule has 2 aliphatic rings. The second kappa shape index (κ2) is 6.34. The highest BCUT2D eigenvalue weighted by atomic mass is 32.1. The zero-order valence-electron chi connectivity index (χ0n) is 15.0. The molecule has 0 bridgehead atoms. The standard InChI is InChI=1S/C18H23F3N4S/c1-12(2)25-9-17(10-25)3-5-24(6-4-17)15-14-7-13(8-18(19,20)21)26-16(14)23-11-22-15/h7,11-12H,3-6,8-10H2,1-2H3. The summed E-state index contributed by atoms with van der Waals surface area (Å²) in [6.07, 6.45) is -1.40. The molecule has 0 radical (unpaired) electrons. The molecule has 2 aliphatic heterocycles. The Morgan fingerprint density at radius 2 is 1.88 bits per heavy atom. The fraction of sp³-hybridized carbons (Fsp3) is 0.667. The van der Waals surface area contributed by atoms with Crippen molar-refractivity contribution in [2.24, 2.45) is 5.41 Å². The van der Waals surface area contributed by atoms with Gasteiger partial charge in [-0.2, -0.15) is 13.2 Å². The maximum Gasteiger partial charge on any atom is 0.393 e. The molecule has 0 aliphatic carbocycles. The number of piperidine rings is 1. The fourth-order valence-corrected chi connectivity index (χ4v) is 5.14. The molecule has 2 aromatic rings.